The van der Waals surface area contributed by atoms with Gasteiger partial charge >= 0.3 is 6.18 Å². The zero-order valence-electron chi connectivity index (χ0n) is 7.49. The summed E-state index contributed by atoms with van der Waals surface area (Å²) in [6.07, 6.45) is -2.90. The van der Waals surface area contributed by atoms with Crippen molar-refractivity contribution in [3.63, 3.8) is 0 Å². The Morgan fingerprint density at radius 1 is 1.47 bits per heavy atom. The van der Waals surface area contributed by atoms with Gasteiger partial charge < -0.3 is 0 Å². The molecule has 15 heavy (non-hydrogen) atoms. The molecule has 0 atom stereocenters. The lowest BCUT2D eigenvalue weighted by Gasteiger charge is -2.10. The zero-order valence-corrected chi connectivity index (χ0v) is 7.49. The second-order valence-electron chi connectivity index (χ2n) is 2.84. The third-order valence-electron chi connectivity index (χ3n) is 1.78. The second-order valence-corrected chi connectivity index (χ2v) is 2.84. The molecule has 0 aromatic carbocycles. The first-order valence-corrected chi connectivity index (χ1v) is 4.03. The average Bonchev–Trinajstić information content (AvgIpc) is 2.13. The lowest BCUT2D eigenvalue weighted by atomic mass is 10.1. The summed E-state index contributed by atoms with van der Waals surface area (Å²) in [6.45, 7) is -0.521. The summed E-state index contributed by atoms with van der Waals surface area (Å²) in [7, 11) is 0. The molecule has 1 aromatic heterocycles. The SMILES string of the molecule is O=[N+]([O-])CCc1ccncc1C(F)(F)F. The van der Waals surface area contributed by atoms with Gasteiger partial charge in [0.2, 0.25) is 6.54 Å². The standard InChI is InChI=1S/C8H7F3N2O2/c9-8(10,11)7-5-12-3-1-6(7)2-4-13(14)15/h1,3,5H,2,4H2. The maximum Gasteiger partial charge on any atom is 0.418 e. The van der Waals surface area contributed by atoms with Crippen molar-refractivity contribution in [3.05, 3.63) is 39.7 Å². The van der Waals surface area contributed by atoms with E-state index in [4.69, 9.17) is 0 Å². The number of rotatable bonds is 3. The first-order chi connectivity index (χ1) is 6.91. The van der Waals surface area contributed by atoms with Crippen LogP contribution in [0, 0.1) is 10.1 Å². The molecule has 0 saturated heterocycles. The van der Waals surface area contributed by atoms with Crippen molar-refractivity contribution in [2.24, 2.45) is 0 Å². The molecule has 0 aliphatic heterocycles. The third kappa shape index (κ3) is 3.19. The summed E-state index contributed by atoms with van der Waals surface area (Å²) >= 11 is 0. The van der Waals surface area contributed by atoms with Crippen LogP contribution in [-0.4, -0.2) is 16.5 Å². The molecule has 0 unspecified atom stereocenters. The number of hydrogen-bond donors (Lipinski definition) is 0. The monoisotopic (exact) mass is 220 g/mol. The van der Waals surface area contributed by atoms with E-state index in [1.807, 2.05) is 0 Å². The van der Waals surface area contributed by atoms with Crippen LogP contribution in [0.1, 0.15) is 11.1 Å². The molecule has 0 fully saturated rings. The van der Waals surface area contributed by atoms with Crippen LogP contribution in [0.2, 0.25) is 0 Å². The smallest absolute Gasteiger partial charge is 0.265 e. The first kappa shape index (κ1) is 11.4. The number of hydrogen-bond acceptors (Lipinski definition) is 3. The summed E-state index contributed by atoms with van der Waals surface area (Å²) in [5.74, 6) is 0. The Morgan fingerprint density at radius 2 is 2.13 bits per heavy atom. The normalized spacial score (nSPS) is 11.4. The fourth-order valence-corrected chi connectivity index (χ4v) is 1.11. The molecular formula is C8H7F3N2O2. The van der Waals surface area contributed by atoms with E-state index in [0.29, 0.717) is 6.20 Å². The van der Waals surface area contributed by atoms with Crippen LogP contribution >= 0.6 is 0 Å². The molecule has 0 spiro atoms. The summed E-state index contributed by atoms with van der Waals surface area (Å²) in [5, 5.41) is 10.0. The quantitative estimate of drug-likeness (QED) is 0.577. The number of nitrogens with zero attached hydrogens (tertiary/aromatic N) is 2. The predicted molar refractivity (Wildman–Crippen MR) is 44.8 cm³/mol. The van der Waals surface area contributed by atoms with Gasteiger partial charge in [-0.25, -0.2) is 0 Å². The highest BCUT2D eigenvalue weighted by Crippen LogP contribution is 2.31. The van der Waals surface area contributed by atoms with Crippen molar-refractivity contribution >= 4 is 0 Å². The van der Waals surface area contributed by atoms with Crippen molar-refractivity contribution in [2.75, 3.05) is 6.54 Å². The minimum absolute atomic E-state index is 0.103. The topological polar surface area (TPSA) is 56.0 Å². The molecule has 4 nitrogen and oxygen atoms in total. The maximum absolute atomic E-state index is 12.4. The highest BCUT2D eigenvalue weighted by Gasteiger charge is 2.33. The van der Waals surface area contributed by atoms with Crippen molar-refractivity contribution in [1.29, 1.82) is 0 Å². The Morgan fingerprint density at radius 3 is 2.67 bits per heavy atom. The molecular weight excluding hydrogens is 213 g/mol. The van der Waals surface area contributed by atoms with Gasteiger partial charge in [0.15, 0.2) is 0 Å². The fraction of sp³-hybridized carbons (Fsp3) is 0.375. The number of aromatic nitrogens is 1. The molecule has 1 rings (SSSR count). The average molecular weight is 220 g/mol. The van der Waals surface area contributed by atoms with Crippen LogP contribution in [0.4, 0.5) is 13.2 Å². The van der Waals surface area contributed by atoms with Crippen LogP contribution in [0.5, 0.6) is 0 Å². The van der Waals surface area contributed by atoms with Gasteiger partial charge in [-0.3, -0.25) is 15.1 Å². The summed E-state index contributed by atoms with van der Waals surface area (Å²) in [6, 6.07) is 1.15. The third-order valence-corrected chi connectivity index (χ3v) is 1.78. The number of alkyl halides is 3. The van der Waals surface area contributed by atoms with Crippen LogP contribution in [0.15, 0.2) is 18.5 Å². The van der Waals surface area contributed by atoms with Crippen LogP contribution < -0.4 is 0 Å². The first-order valence-electron chi connectivity index (χ1n) is 4.03. The molecule has 0 aliphatic carbocycles. The number of pyridine rings is 1. The second kappa shape index (κ2) is 4.24. The van der Waals surface area contributed by atoms with E-state index >= 15 is 0 Å². The number of halogens is 3. The van der Waals surface area contributed by atoms with Crippen molar-refractivity contribution in [2.45, 2.75) is 12.6 Å². The zero-order chi connectivity index (χ0) is 11.5. The van der Waals surface area contributed by atoms with Gasteiger partial charge in [-0.1, -0.05) is 0 Å². The molecule has 0 bridgehead atoms. The van der Waals surface area contributed by atoms with E-state index in [0.717, 1.165) is 6.07 Å². The van der Waals surface area contributed by atoms with Crippen LogP contribution in [0.25, 0.3) is 0 Å². The van der Waals surface area contributed by atoms with Gasteiger partial charge in [-0.2, -0.15) is 13.2 Å². The van der Waals surface area contributed by atoms with E-state index in [-0.39, 0.29) is 12.0 Å². The summed E-state index contributed by atoms with van der Waals surface area (Å²) < 4.78 is 37.1. The summed E-state index contributed by atoms with van der Waals surface area (Å²) in [4.78, 5) is 12.7. The van der Waals surface area contributed by atoms with Gasteiger partial charge in [0.1, 0.15) is 0 Å². The van der Waals surface area contributed by atoms with Gasteiger partial charge in [0.05, 0.1) is 5.56 Å². The molecule has 0 aliphatic rings. The maximum atomic E-state index is 12.4. The number of nitro groups is 1. The highest BCUT2D eigenvalue weighted by atomic mass is 19.4. The van der Waals surface area contributed by atoms with Crippen LogP contribution in [-0.2, 0) is 12.6 Å². The highest BCUT2D eigenvalue weighted by molar-refractivity contribution is 5.26. The molecule has 1 heterocycles. The Bertz CT molecular complexity index is 365. The fourth-order valence-electron chi connectivity index (χ4n) is 1.11. The van der Waals surface area contributed by atoms with Crippen molar-refractivity contribution < 1.29 is 18.1 Å². The Kier molecular flexibility index (Phi) is 3.23. The Labute approximate surface area is 82.9 Å². The predicted octanol–water partition coefficient (Wildman–Crippen LogP) is 1.92. The minimum Gasteiger partial charge on any atom is -0.265 e. The largest absolute Gasteiger partial charge is 0.418 e. The lowest BCUT2D eigenvalue weighted by Crippen LogP contribution is -2.12. The van der Waals surface area contributed by atoms with E-state index < -0.39 is 23.2 Å². The Hall–Kier alpha value is -1.66. The lowest BCUT2D eigenvalue weighted by molar-refractivity contribution is -0.479. The molecule has 0 N–H and O–H groups in total. The Balaban J connectivity index is 2.92. The molecule has 7 heteroatoms. The molecule has 0 amide bonds. The molecule has 0 saturated carbocycles. The van der Waals surface area contributed by atoms with Crippen LogP contribution in [0.3, 0.4) is 0 Å². The van der Waals surface area contributed by atoms with E-state index in [2.05, 4.69) is 4.98 Å². The van der Waals surface area contributed by atoms with Crippen molar-refractivity contribution in [3.8, 4) is 0 Å². The minimum atomic E-state index is -4.51. The molecule has 0 radical (unpaired) electrons. The van der Waals surface area contributed by atoms with Crippen molar-refractivity contribution in [1.82, 2.24) is 4.98 Å². The molecule has 82 valence electrons. The van der Waals surface area contributed by atoms with E-state index in [1.165, 1.54) is 6.20 Å². The van der Waals surface area contributed by atoms with Gasteiger partial charge in [0, 0.05) is 23.7 Å². The van der Waals surface area contributed by atoms with E-state index in [9.17, 15) is 23.3 Å². The van der Waals surface area contributed by atoms with Gasteiger partial charge in [0.25, 0.3) is 0 Å². The van der Waals surface area contributed by atoms with E-state index in [1.54, 1.807) is 0 Å². The van der Waals surface area contributed by atoms with Gasteiger partial charge in [-0.15, -0.1) is 0 Å². The van der Waals surface area contributed by atoms with Gasteiger partial charge in [-0.05, 0) is 11.6 Å². The molecule has 1 aromatic rings. The summed E-state index contributed by atoms with van der Waals surface area (Å²) in [5.41, 5.74) is -1.01.